The first-order valence-corrected chi connectivity index (χ1v) is 20.1. The number of hydrogen-bond acceptors (Lipinski definition) is 11. The van der Waals surface area contributed by atoms with Crippen molar-refractivity contribution in [2.24, 2.45) is 29.6 Å². The minimum Gasteiger partial charge on any atom is -0.394 e. The molecule has 7 rings (SSSR count). The van der Waals surface area contributed by atoms with Crippen LogP contribution in [0, 0.1) is 29.6 Å². The standard InChI is InChI=1S/C41H62O11/c1-20-10-29-8-9-33-21(2)11-28(48-33)7-6-25(43)14-35-24(5)40-41(51-35)39(46)32-16-30(47-19-38(32)52-40)12-26(44)13-31-23(4)34(15-27(45)18-42)50-37(31)17-36(49-29)22(20)3/h20,23-24,27-42,45-46H,2-3,6-19H2,1,4-5H3/t20-,23-,24+,27+,28?,29+,30?,31-,32+,33+,34-,35-,36-,37?,38+,39+,40+,41+/m1/s1. The Bertz CT molecular complexity index is 1320. The smallest absolute Gasteiger partial charge is 0.135 e. The summed E-state index contributed by atoms with van der Waals surface area (Å²) in [6.07, 6.45) is 1.96. The van der Waals surface area contributed by atoms with Crippen molar-refractivity contribution in [3.8, 4) is 0 Å². The first kappa shape index (κ1) is 38.7. The molecule has 7 aliphatic rings. The molecule has 18 atom stereocenters. The minimum atomic E-state index is -0.899. The van der Waals surface area contributed by atoms with Crippen LogP contribution in [-0.4, -0.2) is 119 Å². The highest BCUT2D eigenvalue weighted by molar-refractivity contribution is 5.79. The number of aliphatic hydroxyl groups excluding tert-OH is 3. The predicted octanol–water partition coefficient (Wildman–Crippen LogP) is 4.02. The van der Waals surface area contributed by atoms with Gasteiger partial charge >= 0.3 is 0 Å². The summed E-state index contributed by atoms with van der Waals surface area (Å²) in [5.41, 5.74) is 2.10. The van der Waals surface area contributed by atoms with Gasteiger partial charge in [0.1, 0.15) is 17.7 Å². The number of carbonyl (C=O) groups excluding carboxylic acids is 2. The highest BCUT2D eigenvalue weighted by Gasteiger charge is 2.56. The molecule has 0 aromatic carbocycles. The summed E-state index contributed by atoms with van der Waals surface area (Å²) in [4.78, 5) is 27.1. The fourth-order valence-electron chi connectivity index (χ4n) is 10.5. The van der Waals surface area contributed by atoms with Gasteiger partial charge in [0.15, 0.2) is 0 Å². The van der Waals surface area contributed by atoms with E-state index >= 15 is 0 Å². The molecular formula is C41H62O11. The number of carbonyl (C=O) groups is 2. The molecule has 3 N–H and O–H groups in total. The number of rotatable bonds is 3. The Balaban J connectivity index is 1.10. The molecule has 7 saturated heterocycles. The summed E-state index contributed by atoms with van der Waals surface area (Å²) in [7, 11) is 0. The molecule has 0 amide bonds. The van der Waals surface area contributed by atoms with Gasteiger partial charge in [0.25, 0.3) is 0 Å². The average Bonchev–Trinajstić information content (AvgIpc) is 3.73. The number of fused-ring (bicyclic) bond motifs is 7. The SMILES string of the molecule is C=C1CC2CCC(=O)C[C@H]3O[C@H]4[C@@H](O)[C@H]5CC(CC(=O)C[C@H]6C(C[C@H]7O[C@@H](CC[C@@H]1O2)C[C@@H](C)C7=C)O[C@H](C[C@H](O)CO)[C@@H]6C)OC[C@@H]5O[C@H]4[C@H]3C. The van der Waals surface area contributed by atoms with Crippen molar-refractivity contribution in [1.82, 2.24) is 0 Å². The summed E-state index contributed by atoms with van der Waals surface area (Å²) in [6, 6.07) is 0. The fourth-order valence-corrected chi connectivity index (χ4v) is 10.5. The molecule has 11 nitrogen and oxygen atoms in total. The van der Waals surface area contributed by atoms with Crippen molar-refractivity contribution in [3.05, 3.63) is 24.3 Å². The van der Waals surface area contributed by atoms with E-state index in [0.717, 1.165) is 36.8 Å². The van der Waals surface area contributed by atoms with Crippen LogP contribution in [0.5, 0.6) is 0 Å². The monoisotopic (exact) mass is 730 g/mol. The van der Waals surface area contributed by atoms with Crippen molar-refractivity contribution in [2.75, 3.05) is 13.2 Å². The van der Waals surface area contributed by atoms with E-state index in [0.29, 0.717) is 45.1 Å². The Labute approximate surface area is 308 Å². The minimum absolute atomic E-state index is 0.0158. The van der Waals surface area contributed by atoms with Gasteiger partial charge in [-0.25, -0.2) is 0 Å². The summed E-state index contributed by atoms with van der Waals surface area (Å²) < 4.78 is 38.9. The van der Waals surface area contributed by atoms with E-state index in [4.69, 9.17) is 28.4 Å². The fraction of sp³-hybridized carbons (Fsp3) is 0.854. The van der Waals surface area contributed by atoms with Crippen LogP contribution in [0.25, 0.3) is 0 Å². The maximum Gasteiger partial charge on any atom is 0.135 e. The van der Waals surface area contributed by atoms with Crippen molar-refractivity contribution in [2.45, 2.75) is 177 Å². The second-order valence-electron chi connectivity index (χ2n) is 17.4. The highest BCUT2D eigenvalue weighted by Crippen LogP contribution is 2.46. The maximum atomic E-state index is 13.8. The lowest BCUT2D eigenvalue weighted by atomic mass is 9.77. The zero-order valence-corrected chi connectivity index (χ0v) is 31.3. The molecule has 7 aliphatic heterocycles. The Hall–Kier alpha value is -1.54. The molecule has 0 saturated carbocycles. The molecule has 52 heavy (non-hydrogen) atoms. The first-order chi connectivity index (χ1) is 24.9. The number of ketones is 2. The molecule has 0 spiro atoms. The molecule has 292 valence electrons. The molecule has 0 aromatic rings. The molecule has 8 bridgehead atoms. The zero-order valence-electron chi connectivity index (χ0n) is 31.3. The van der Waals surface area contributed by atoms with Gasteiger partial charge in [0.2, 0.25) is 0 Å². The van der Waals surface area contributed by atoms with Crippen LogP contribution < -0.4 is 0 Å². The van der Waals surface area contributed by atoms with E-state index in [1.165, 1.54) is 0 Å². The highest BCUT2D eigenvalue weighted by atomic mass is 16.6. The van der Waals surface area contributed by atoms with Gasteiger partial charge in [0, 0.05) is 50.4 Å². The van der Waals surface area contributed by atoms with Crippen LogP contribution in [0.15, 0.2) is 24.3 Å². The van der Waals surface area contributed by atoms with E-state index in [-0.39, 0.29) is 122 Å². The summed E-state index contributed by atoms with van der Waals surface area (Å²) in [5.74, 6) is 0.0349. The summed E-state index contributed by atoms with van der Waals surface area (Å²) in [5, 5.41) is 31.6. The Morgan fingerprint density at radius 1 is 0.731 bits per heavy atom. The van der Waals surface area contributed by atoms with Gasteiger partial charge in [0.05, 0.1) is 86.5 Å². The van der Waals surface area contributed by atoms with Gasteiger partial charge in [-0.15, -0.1) is 0 Å². The van der Waals surface area contributed by atoms with E-state index in [1.807, 2.05) is 6.92 Å². The van der Waals surface area contributed by atoms with Gasteiger partial charge in [-0.2, -0.15) is 0 Å². The lowest BCUT2D eigenvalue weighted by molar-refractivity contribution is -0.232. The Morgan fingerprint density at radius 3 is 2.29 bits per heavy atom. The van der Waals surface area contributed by atoms with Crippen LogP contribution in [-0.2, 0) is 38.0 Å². The molecule has 7 heterocycles. The Kier molecular flexibility index (Phi) is 12.1. The lowest BCUT2D eigenvalue weighted by Crippen LogP contribution is -2.58. The average molecular weight is 731 g/mol. The van der Waals surface area contributed by atoms with Gasteiger partial charge in [-0.05, 0) is 67.4 Å². The normalized spacial score (nSPS) is 48.4. The van der Waals surface area contributed by atoms with Crippen molar-refractivity contribution in [1.29, 1.82) is 0 Å². The topological polar surface area (TPSA) is 150 Å². The molecule has 0 aliphatic carbocycles. The maximum absolute atomic E-state index is 13.8. The molecular weight excluding hydrogens is 668 g/mol. The second-order valence-corrected chi connectivity index (χ2v) is 17.4. The van der Waals surface area contributed by atoms with Gasteiger partial charge in [-0.3, -0.25) is 9.59 Å². The third-order valence-electron chi connectivity index (χ3n) is 13.8. The van der Waals surface area contributed by atoms with Crippen LogP contribution in [0.4, 0.5) is 0 Å². The summed E-state index contributed by atoms with van der Waals surface area (Å²) in [6.45, 7) is 15.0. The number of Topliss-reactive ketones (excluding diaryl/α,β-unsaturated/α-hetero) is 2. The predicted molar refractivity (Wildman–Crippen MR) is 190 cm³/mol. The van der Waals surface area contributed by atoms with Crippen molar-refractivity contribution >= 4 is 11.6 Å². The van der Waals surface area contributed by atoms with E-state index < -0.39 is 18.3 Å². The largest absolute Gasteiger partial charge is 0.394 e. The third-order valence-corrected chi connectivity index (χ3v) is 13.8. The van der Waals surface area contributed by atoms with E-state index in [2.05, 4.69) is 27.0 Å². The molecule has 0 radical (unpaired) electrons. The van der Waals surface area contributed by atoms with Crippen molar-refractivity contribution < 1.29 is 53.3 Å². The molecule has 7 fully saturated rings. The number of hydrogen-bond donors (Lipinski definition) is 3. The van der Waals surface area contributed by atoms with Gasteiger partial charge < -0.3 is 43.7 Å². The third kappa shape index (κ3) is 8.19. The van der Waals surface area contributed by atoms with Crippen LogP contribution in [0.2, 0.25) is 0 Å². The van der Waals surface area contributed by atoms with Crippen LogP contribution in [0.3, 0.4) is 0 Å². The first-order valence-electron chi connectivity index (χ1n) is 20.1. The zero-order chi connectivity index (χ0) is 36.8. The molecule has 3 unspecified atom stereocenters. The lowest BCUT2D eigenvalue weighted by Gasteiger charge is -2.46. The van der Waals surface area contributed by atoms with Crippen LogP contribution >= 0.6 is 0 Å². The van der Waals surface area contributed by atoms with E-state index in [9.17, 15) is 24.9 Å². The van der Waals surface area contributed by atoms with Crippen molar-refractivity contribution in [3.63, 3.8) is 0 Å². The van der Waals surface area contributed by atoms with E-state index in [1.54, 1.807) is 0 Å². The summed E-state index contributed by atoms with van der Waals surface area (Å²) >= 11 is 0. The second kappa shape index (κ2) is 16.3. The quantitative estimate of drug-likeness (QED) is 0.362. The molecule has 11 heteroatoms. The number of ether oxygens (including phenoxy) is 6. The van der Waals surface area contributed by atoms with Gasteiger partial charge in [-0.1, -0.05) is 33.9 Å². The Morgan fingerprint density at radius 2 is 1.50 bits per heavy atom. The van der Waals surface area contributed by atoms with Crippen LogP contribution in [0.1, 0.15) is 97.8 Å². The molecule has 0 aromatic heterocycles. The number of aliphatic hydroxyl groups is 3.